The molecule has 0 saturated heterocycles. The molecule has 0 aliphatic rings. The Hall–Kier alpha value is -2.95. The van der Waals surface area contributed by atoms with Gasteiger partial charge in [0.2, 0.25) is 0 Å². The Morgan fingerprint density at radius 3 is 1.84 bits per heavy atom. The van der Waals surface area contributed by atoms with Gasteiger partial charge in [-0.1, -0.05) is 67.9 Å². The molecule has 2 N–H and O–H groups in total. The van der Waals surface area contributed by atoms with Gasteiger partial charge < -0.3 is 10.2 Å². The second-order valence-electron chi connectivity index (χ2n) is 5.89. The Morgan fingerprint density at radius 1 is 0.840 bits per heavy atom. The first-order valence-corrected chi connectivity index (χ1v) is 8.08. The van der Waals surface area contributed by atoms with Crippen molar-refractivity contribution in [2.45, 2.75) is 19.8 Å². The SMILES string of the molecule is CCC(CC(=O)c1ccc(-c2ccccc2)cc1)C(C(=O)O)C(=O)O. The van der Waals surface area contributed by atoms with Crippen LogP contribution in [0.15, 0.2) is 54.6 Å². The van der Waals surface area contributed by atoms with Crippen molar-refractivity contribution in [2.75, 3.05) is 0 Å². The monoisotopic (exact) mass is 340 g/mol. The summed E-state index contributed by atoms with van der Waals surface area (Å²) in [5.41, 5.74) is 2.45. The van der Waals surface area contributed by atoms with Gasteiger partial charge in [0.25, 0.3) is 0 Å². The van der Waals surface area contributed by atoms with Crippen molar-refractivity contribution in [1.82, 2.24) is 0 Å². The summed E-state index contributed by atoms with van der Waals surface area (Å²) < 4.78 is 0. The fourth-order valence-electron chi connectivity index (χ4n) is 2.84. The number of carbonyl (C=O) groups is 3. The van der Waals surface area contributed by atoms with E-state index in [0.29, 0.717) is 12.0 Å². The van der Waals surface area contributed by atoms with Gasteiger partial charge in [0.15, 0.2) is 11.7 Å². The van der Waals surface area contributed by atoms with E-state index < -0.39 is 23.8 Å². The van der Waals surface area contributed by atoms with Crippen molar-refractivity contribution in [3.63, 3.8) is 0 Å². The fourth-order valence-corrected chi connectivity index (χ4v) is 2.84. The van der Waals surface area contributed by atoms with E-state index in [4.69, 9.17) is 10.2 Å². The number of ketones is 1. The molecule has 0 heterocycles. The third-order valence-corrected chi connectivity index (χ3v) is 4.29. The summed E-state index contributed by atoms with van der Waals surface area (Å²) >= 11 is 0. The number of benzene rings is 2. The molecule has 0 amide bonds. The van der Waals surface area contributed by atoms with Gasteiger partial charge in [0.05, 0.1) is 0 Å². The summed E-state index contributed by atoms with van der Waals surface area (Å²) in [6.07, 6.45) is 0.196. The third kappa shape index (κ3) is 4.53. The first-order valence-electron chi connectivity index (χ1n) is 8.08. The van der Waals surface area contributed by atoms with E-state index in [-0.39, 0.29) is 12.2 Å². The average Bonchev–Trinajstić information content (AvgIpc) is 2.61. The van der Waals surface area contributed by atoms with E-state index >= 15 is 0 Å². The van der Waals surface area contributed by atoms with Crippen LogP contribution in [0, 0.1) is 11.8 Å². The van der Waals surface area contributed by atoms with Crippen molar-refractivity contribution < 1.29 is 24.6 Å². The average molecular weight is 340 g/mol. The number of aliphatic carboxylic acids is 2. The Balaban J connectivity index is 2.14. The van der Waals surface area contributed by atoms with Crippen LogP contribution < -0.4 is 0 Å². The topological polar surface area (TPSA) is 91.7 Å². The van der Waals surface area contributed by atoms with Crippen LogP contribution in [0.4, 0.5) is 0 Å². The molecule has 0 aliphatic carbocycles. The van der Waals surface area contributed by atoms with Gasteiger partial charge in [-0.3, -0.25) is 14.4 Å². The molecule has 0 aromatic heterocycles. The highest BCUT2D eigenvalue weighted by Gasteiger charge is 2.35. The number of hydrogen-bond acceptors (Lipinski definition) is 3. The number of carboxylic acid groups (broad SMARTS) is 2. The van der Waals surface area contributed by atoms with Gasteiger partial charge in [0, 0.05) is 12.0 Å². The zero-order chi connectivity index (χ0) is 18.4. The maximum atomic E-state index is 12.4. The zero-order valence-electron chi connectivity index (χ0n) is 13.9. The normalized spacial score (nSPS) is 11.9. The molecule has 130 valence electrons. The Morgan fingerprint density at radius 2 is 1.36 bits per heavy atom. The molecule has 0 spiro atoms. The van der Waals surface area contributed by atoms with Crippen LogP contribution in [0.2, 0.25) is 0 Å². The largest absolute Gasteiger partial charge is 0.481 e. The van der Waals surface area contributed by atoms with Crippen LogP contribution in [0.3, 0.4) is 0 Å². The Bertz CT molecular complexity index is 735. The Labute approximate surface area is 145 Å². The molecule has 0 fully saturated rings. The zero-order valence-corrected chi connectivity index (χ0v) is 13.9. The van der Waals surface area contributed by atoms with Crippen LogP contribution in [0.25, 0.3) is 11.1 Å². The van der Waals surface area contributed by atoms with Crippen LogP contribution in [-0.4, -0.2) is 27.9 Å². The highest BCUT2D eigenvalue weighted by atomic mass is 16.4. The fraction of sp³-hybridized carbons (Fsp3) is 0.250. The molecule has 2 aromatic carbocycles. The summed E-state index contributed by atoms with van der Waals surface area (Å²) in [6, 6.07) is 16.7. The molecular weight excluding hydrogens is 320 g/mol. The third-order valence-electron chi connectivity index (χ3n) is 4.29. The molecule has 25 heavy (non-hydrogen) atoms. The lowest BCUT2D eigenvalue weighted by atomic mass is 9.84. The van der Waals surface area contributed by atoms with E-state index in [1.165, 1.54) is 0 Å². The highest BCUT2D eigenvalue weighted by molar-refractivity contribution is 5.98. The first-order chi connectivity index (χ1) is 11.9. The minimum Gasteiger partial charge on any atom is -0.481 e. The van der Waals surface area contributed by atoms with Crippen molar-refractivity contribution in [2.24, 2.45) is 11.8 Å². The highest BCUT2D eigenvalue weighted by Crippen LogP contribution is 2.24. The molecule has 0 aliphatic heterocycles. The smallest absolute Gasteiger partial charge is 0.318 e. The number of hydrogen-bond donors (Lipinski definition) is 2. The standard InChI is InChI=1S/C20H20O5/c1-2-13(18(19(22)23)20(24)25)12-17(21)16-10-8-15(9-11-16)14-6-4-3-5-7-14/h3-11,13,18H,2,12H2,1H3,(H,22,23)(H,24,25). The summed E-state index contributed by atoms with van der Waals surface area (Å²) in [6.45, 7) is 1.69. The quantitative estimate of drug-likeness (QED) is 0.564. The van der Waals surface area contributed by atoms with E-state index in [9.17, 15) is 14.4 Å². The second-order valence-corrected chi connectivity index (χ2v) is 5.89. The van der Waals surface area contributed by atoms with Crippen LogP contribution in [0.1, 0.15) is 30.1 Å². The summed E-state index contributed by atoms with van der Waals surface area (Å²) in [7, 11) is 0. The minimum atomic E-state index is -1.57. The first kappa shape index (κ1) is 18.4. The lowest BCUT2D eigenvalue weighted by Gasteiger charge is -2.18. The van der Waals surface area contributed by atoms with Gasteiger partial charge >= 0.3 is 11.9 Å². The van der Waals surface area contributed by atoms with E-state index in [1.54, 1.807) is 19.1 Å². The maximum absolute atomic E-state index is 12.4. The Kier molecular flexibility index (Phi) is 6.06. The predicted molar refractivity (Wildman–Crippen MR) is 93.4 cm³/mol. The van der Waals surface area contributed by atoms with Crippen molar-refractivity contribution in [1.29, 1.82) is 0 Å². The summed E-state index contributed by atoms with van der Waals surface area (Å²) in [4.78, 5) is 34.8. The molecule has 1 atom stereocenters. The van der Waals surface area contributed by atoms with E-state index in [2.05, 4.69) is 0 Å². The number of carbonyl (C=O) groups excluding carboxylic acids is 1. The lowest BCUT2D eigenvalue weighted by Crippen LogP contribution is -2.32. The van der Waals surface area contributed by atoms with Crippen LogP contribution >= 0.6 is 0 Å². The maximum Gasteiger partial charge on any atom is 0.318 e. The van der Waals surface area contributed by atoms with Crippen molar-refractivity contribution in [3.05, 3.63) is 60.2 Å². The summed E-state index contributed by atoms with van der Waals surface area (Å²) in [5, 5.41) is 18.2. The van der Waals surface area contributed by atoms with Gasteiger partial charge in [-0.2, -0.15) is 0 Å². The molecule has 2 rings (SSSR count). The van der Waals surface area contributed by atoms with Gasteiger partial charge in [-0.15, -0.1) is 0 Å². The van der Waals surface area contributed by atoms with E-state index in [1.807, 2.05) is 42.5 Å². The van der Waals surface area contributed by atoms with Gasteiger partial charge in [-0.25, -0.2) is 0 Å². The molecule has 0 radical (unpaired) electrons. The van der Waals surface area contributed by atoms with Crippen molar-refractivity contribution in [3.8, 4) is 11.1 Å². The molecular formula is C20H20O5. The van der Waals surface area contributed by atoms with Gasteiger partial charge in [0.1, 0.15) is 0 Å². The summed E-state index contributed by atoms with van der Waals surface area (Å²) in [5.74, 6) is -5.38. The second kappa shape index (κ2) is 8.24. The predicted octanol–water partition coefficient (Wildman–Crippen LogP) is 3.74. The molecule has 0 bridgehead atoms. The van der Waals surface area contributed by atoms with E-state index in [0.717, 1.165) is 11.1 Å². The molecule has 0 saturated carbocycles. The number of carboxylic acids is 2. The van der Waals surface area contributed by atoms with Crippen LogP contribution in [0.5, 0.6) is 0 Å². The van der Waals surface area contributed by atoms with Gasteiger partial charge in [-0.05, 0) is 17.0 Å². The molecule has 5 heteroatoms. The molecule has 5 nitrogen and oxygen atoms in total. The minimum absolute atomic E-state index is 0.107. The number of Topliss-reactive ketones (excluding diaryl/α,β-unsaturated/α-hetero) is 1. The van der Waals surface area contributed by atoms with Crippen LogP contribution in [-0.2, 0) is 9.59 Å². The van der Waals surface area contributed by atoms with Crippen molar-refractivity contribution >= 4 is 17.7 Å². The lowest BCUT2D eigenvalue weighted by molar-refractivity contribution is -0.157. The molecule has 2 aromatic rings. The molecule has 1 unspecified atom stereocenters. The number of rotatable bonds is 8.